The molecule has 2 heterocycles. The molecule has 3 rings (SSSR count). The fraction of sp³-hybridized carbons (Fsp3) is 0.389. The summed E-state index contributed by atoms with van der Waals surface area (Å²) in [7, 11) is 0. The van der Waals surface area contributed by atoms with E-state index in [1.807, 2.05) is 6.92 Å². The van der Waals surface area contributed by atoms with Gasteiger partial charge in [0.05, 0.1) is 17.1 Å². The maximum Gasteiger partial charge on any atom is 0.0821 e. The number of nitrogens with one attached hydrogen (secondary N) is 1. The Morgan fingerprint density at radius 2 is 2.05 bits per heavy atom. The van der Waals surface area contributed by atoms with Gasteiger partial charge in [-0.1, -0.05) is 12.7 Å². The number of aliphatic imine (C=N–C) groups is 1. The van der Waals surface area contributed by atoms with Gasteiger partial charge in [-0.15, -0.1) is 0 Å². The van der Waals surface area contributed by atoms with Gasteiger partial charge < -0.3 is 10.2 Å². The fourth-order valence-electron chi connectivity index (χ4n) is 2.92. The molecule has 0 amide bonds. The molecule has 1 N–H and O–H groups in total. The van der Waals surface area contributed by atoms with Crippen molar-refractivity contribution < 1.29 is 0 Å². The quantitative estimate of drug-likeness (QED) is 0.808. The molecule has 0 saturated carbocycles. The van der Waals surface area contributed by atoms with E-state index in [9.17, 15) is 0 Å². The first kappa shape index (κ1) is 15.3. The predicted octanol–water partition coefficient (Wildman–Crippen LogP) is 5.11. The molecular weight excluding hydrogens is 338 g/mol. The summed E-state index contributed by atoms with van der Waals surface area (Å²) in [5, 5.41) is 3.41. The molecule has 0 aromatic heterocycles. The Morgan fingerprint density at radius 3 is 2.73 bits per heavy atom. The van der Waals surface area contributed by atoms with Crippen LogP contribution < -0.4 is 10.2 Å². The summed E-state index contributed by atoms with van der Waals surface area (Å²) in [4.78, 5) is 6.98. The topological polar surface area (TPSA) is 27.6 Å². The van der Waals surface area contributed by atoms with E-state index < -0.39 is 0 Å². The molecule has 116 valence electrons. The number of halogens is 1. The summed E-state index contributed by atoms with van der Waals surface area (Å²) in [5.41, 5.74) is 5.27. The Labute approximate surface area is 140 Å². The molecular formula is C18H22BrN3. The van der Waals surface area contributed by atoms with Gasteiger partial charge in [0.2, 0.25) is 0 Å². The second-order valence-electron chi connectivity index (χ2n) is 5.96. The van der Waals surface area contributed by atoms with Crippen molar-refractivity contribution in [3.8, 4) is 0 Å². The second-order valence-corrected chi connectivity index (χ2v) is 6.81. The lowest BCUT2D eigenvalue weighted by molar-refractivity contribution is 0.578. The first-order valence-electron chi connectivity index (χ1n) is 7.88. The van der Waals surface area contributed by atoms with E-state index in [1.165, 1.54) is 24.9 Å². The maximum absolute atomic E-state index is 4.52. The van der Waals surface area contributed by atoms with Crippen molar-refractivity contribution in [2.75, 3.05) is 23.3 Å². The molecule has 0 spiro atoms. The number of nitrogens with zero attached hydrogens (tertiary/aromatic N) is 2. The molecule has 3 nitrogen and oxygen atoms in total. The molecule has 1 saturated heterocycles. The standard InChI is InChI=1S/C18H22BrN3/c1-13-6-9-17(20-13)14(2)21-18-12-15(7-8-16(18)19)22-10-4-3-5-11-22/h7-9,12,21H,2-6,10-11H2,1H3. The molecule has 2 aliphatic heterocycles. The Bertz CT molecular complexity index is 640. The van der Waals surface area contributed by atoms with Crippen LogP contribution in [0.1, 0.15) is 32.6 Å². The lowest BCUT2D eigenvalue weighted by atomic mass is 10.1. The molecule has 1 fully saturated rings. The van der Waals surface area contributed by atoms with Gasteiger partial charge in [-0.2, -0.15) is 0 Å². The van der Waals surface area contributed by atoms with Crippen molar-refractivity contribution in [2.45, 2.75) is 32.6 Å². The molecule has 2 aliphatic rings. The summed E-state index contributed by atoms with van der Waals surface area (Å²) < 4.78 is 1.05. The normalized spacial score (nSPS) is 18.0. The lowest BCUT2D eigenvalue weighted by Crippen LogP contribution is -2.29. The largest absolute Gasteiger partial charge is 0.371 e. The maximum atomic E-state index is 4.52. The first-order valence-corrected chi connectivity index (χ1v) is 8.68. The highest BCUT2D eigenvalue weighted by Crippen LogP contribution is 2.31. The van der Waals surface area contributed by atoms with Crippen LogP contribution in [0.25, 0.3) is 0 Å². The Morgan fingerprint density at radius 1 is 1.27 bits per heavy atom. The molecule has 1 aromatic carbocycles. The number of piperidine rings is 1. The number of hydrogen-bond acceptors (Lipinski definition) is 3. The minimum Gasteiger partial charge on any atom is -0.371 e. The second kappa shape index (κ2) is 6.69. The monoisotopic (exact) mass is 359 g/mol. The smallest absolute Gasteiger partial charge is 0.0821 e. The highest BCUT2D eigenvalue weighted by Gasteiger charge is 2.14. The van der Waals surface area contributed by atoms with E-state index >= 15 is 0 Å². The van der Waals surface area contributed by atoms with Crippen LogP contribution in [0, 0.1) is 0 Å². The minimum atomic E-state index is 0.855. The van der Waals surface area contributed by atoms with Gasteiger partial charge in [0, 0.05) is 35.4 Å². The third-order valence-corrected chi connectivity index (χ3v) is 4.86. The average molecular weight is 360 g/mol. The van der Waals surface area contributed by atoms with Crippen molar-refractivity contribution in [3.05, 3.63) is 46.7 Å². The number of benzene rings is 1. The summed E-state index contributed by atoms with van der Waals surface area (Å²) in [6, 6.07) is 6.49. The zero-order chi connectivity index (χ0) is 15.5. The van der Waals surface area contributed by atoms with Crippen LogP contribution in [0.3, 0.4) is 0 Å². The lowest BCUT2D eigenvalue weighted by Gasteiger charge is -2.29. The van der Waals surface area contributed by atoms with Crippen LogP contribution in [0.4, 0.5) is 11.4 Å². The van der Waals surface area contributed by atoms with E-state index in [-0.39, 0.29) is 0 Å². The number of allylic oxidation sites excluding steroid dienone is 1. The van der Waals surface area contributed by atoms with E-state index in [4.69, 9.17) is 0 Å². The molecule has 0 bridgehead atoms. The van der Waals surface area contributed by atoms with Gasteiger partial charge >= 0.3 is 0 Å². The summed E-state index contributed by atoms with van der Waals surface area (Å²) in [6.45, 7) is 8.47. The Balaban J connectivity index is 1.76. The van der Waals surface area contributed by atoms with Crippen LogP contribution in [0.2, 0.25) is 0 Å². The first-order chi connectivity index (χ1) is 10.6. The third-order valence-electron chi connectivity index (χ3n) is 4.17. The summed E-state index contributed by atoms with van der Waals surface area (Å²) in [6.07, 6.45) is 6.96. The number of anilines is 2. The summed E-state index contributed by atoms with van der Waals surface area (Å²) in [5.74, 6) is 0. The van der Waals surface area contributed by atoms with Crippen molar-refractivity contribution >= 4 is 33.0 Å². The third kappa shape index (κ3) is 3.43. The highest BCUT2D eigenvalue weighted by molar-refractivity contribution is 9.10. The van der Waals surface area contributed by atoms with Crippen molar-refractivity contribution in [3.63, 3.8) is 0 Å². The van der Waals surface area contributed by atoms with E-state index in [2.05, 4.69) is 62.0 Å². The predicted molar refractivity (Wildman–Crippen MR) is 98.8 cm³/mol. The van der Waals surface area contributed by atoms with Crippen molar-refractivity contribution in [1.82, 2.24) is 0 Å². The number of hydrogen-bond donors (Lipinski definition) is 1. The van der Waals surface area contributed by atoms with Gasteiger partial charge in [0.15, 0.2) is 0 Å². The van der Waals surface area contributed by atoms with Crippen LogP contribution in [0.15, 0.2) is 51.7 Å². The van der Waals surface area contributed by atoms with Gasteiger partial charge in [-0.25, -0.2) is 0 Å². The van der Waals surface area contributed by atoms with Crippen LogP contribution in [-0.2, 0) is 0 Å². The van der Waals surface area contributed by atoms with Crippen LogP contribution in [0.5, 0.6) is 0 Å². The van der Waals surface area contributed by atoms with Gasteiger partial charge in [0.25, 0.3) is 0 Å². The van der Waals surface area contributed by atoms with E-state index in [0.717, 1.165) is 46.8 Å². The van der Waals surface area contributed by atoms with E-state index in [0.29, 0.717) is 0 Å². The molecule has 0 atom stereocenters. The SMILES string of the molecule is C=C(Nc1cc(N2CCCCC2)ccc1Br)C1=CCC(C)=N1. The van der Waals surface area contributed by atoms with Gasteiger partial charge in [-0.3, -0.25) is 4.99 Å². The molecule has 0 aliphatic carbocycles. The number of rotatable bonds is 4. The molecule has 0 radical (unpaired) electrons. The Kier molecular flexibility index (Phi) is 4.67. The van der Waals surface area contributed by atoms with E-state index in [1.54, 1.807) is 0 Å². The zero-order valence-corrected chi connectivity index (χ0v) is 14.6. The van der Waals surface area contributed by atoms with Crippen molar-refractivity contribution in [2.24, 2.45) is 4.99 Å². The Hall–Kier alpha value is -1.55. The highest BCUT2D eigenvalue weighted by atomic mass is 79.9. The molecule has 22 heavy (non-hydrogen) atoms. The fourth-order valence-corrected chi connectivity index (χ4v) is 3.26. The zero-order valence-electron chi connectivity index (χ0n) is 13.0. The van der Waals surface area contributed by atoms with Crippen molar-refractivity contribution in [1.29, 1.82) is 0 Å². The average Bonchev–Trinajstić information content (AvgIpc) is 2.97. The van der Waals surface area contributed by atoms with Gasteiger partial charge in [-0.05, 0) is 60.3 Å². The summed E-state index contributed by atoms with van der Waals surface area (Å²) >= 11 is 3.63. The van der Waals surface area contributed by atoms with Crippen LogP contribution >= 0.6 is 15.9 Å². The molecule has 4 heteroatoms. The minimum absolute atomic E-state index is 0.855. The van der Waals surface area contributed by atoms with Crippen LogP contribution in [-0.4, -0.2) is 18.8 Å². The molecule has 1 aromatic rings. The molecule has 0 unspecified atom stereocenters. The van der Waals surface area contributed by atoms with Gasteiger partial charge in [0.1, 0.15) is 0 Å².